The molecule has 1 nitrogen and oxygen atoms in total. The minimum absolute atomic E-state index is 0.345. The Hall–Kier alpha value is 0.0869. The lowest BCUT2D eigenvalue weighted by atomic mass is 10.1. The van der Waals surface area contributed by atoms with Crippen LogP contribution in [-0.4, -0.2) is 31.3 Å². The van der Waals surface area contributed by atoms with Crippen LogP contribution in [-0.2, 0) is 0 Å². The largest absolute Gasteiger partial charge is 0.396 e. The smallest absolute Gasteiger partial charge is 0.132 e. The molecule has 0 aliphatic rings. The Balaban J connectivity index is 3.17. The summed E-state index contributed by atoms with van der Waals surface area (Å²) in [5, 5.41) is 8.69. The molecular weight excluding hydrogens is 316 g/mol. The first-order valence-corrected chi connectivity index (χ1v) is 14.2. The van der Waals surface area contributed by atoms with E-state index in [0.29, 0.717) is 6.61 Å². The van der Waals surface area contributed by atoms with Crippen molar-refractivity contribution in [3.05, 3.63) is 0 Å². The second-order valence-corrected chi connectivity index (χ2v) is 13.1. The minimum atomic E-state index is -1.16. The molecule has 3 heteroatoms. The molecule has 0 saturated carbocycles. The van der Waals surface area contributed by atoms with Gasteiger partial charge in [-0.2, -0.15) is 11.8 Å². The zero-order valence-corrected chi connectivity index (χ0v) is 17.8. The highest BCUT2D eigenvalue weighted by molar-refractivity contribution is 7.99. The van der Waals surface area contributed by atoms with Crippen molar-refractivity contribution < 1.29 is 5.11 Å². The number of thioether (sulfide) groups is 1. The molecule has 0 aromatic carbocycles. The van der Waals surface area contributed by atoms with Gasteiger partial charge in [-0.15, -0.1) is 11.5 Å². The highest BCUT2D eigenvalue weighted by Gasteiger charge is 2.13. The Morgan fingerprint density at radius 1 is 0.783 bits per heavy atom. The average Bonchev–Trinajstić information content (AvgIpc) is 2.54. The summed E-state index contributed by atoms with van der Waals surface area (Å²) in [6.45, 7) is 7.36. The first-order valence-electron chi connectivity index (χ1n) is 9.81. The van der Waals surface area contributed by atoms with Crippen molar-refractivity contribution in [2.45, 2.75) is 96.7 Å². The van der Waals surface area contributed by atoms with Crippen molar-refractivity contribution in [1.29, 1.82) is 0 Å². The topological polar surface area (TPSA) is 20.2 Å². The molecule has 23 heavy (non-hydrogen) atoms. The Morgan fingerprint density at radius 2 is 1.30 bits per heavy atom. The maximum atomic E-state index is 8.69. The van der Waals surface area contributed by atoms with Gasteiger partial charge in [-0.05, 0) is 36.8 Å². The van der Waals surface area contributed by atoms with E-state index in [0.717, 1.165) is 18.6 Å². The standard InChI is InChI=1S/C20H40OSSi/c1-4-23(2,3)20-15-13-11-9-7-5-6-8-10-12-14-18-22-19-16-17-21/h21H,4-14,16-19H2,1-3H3. The second kappa shape index (κ2) is 16.9. The van der Waals surface area contributed by atoms with Crippen LogP contribution in [0.3, 0.4) is 0 Å². The molecule has 0 aliphatic carbocycles. The Kier molecular flexibility index (Phi) is 17.0. The van der Waals surface area contributed by atoms with Crippen LogP contribution in [0.1, 0.15) is 77.6 Å². The van der Waals surface area contributed by atoms with Gasteiger partial charge in [0.1, 0.15) is 8.07 Å². The monoisotopic (exact) mass is 356 g/mol. The molecule has 0 aromatic rings. The highest BCUT2D eigenvalue weighted by Crippen LogP contribution is 2.13. The quantitative estimate of drug-likeness (QED) is 0.212. The van der Waals surface area contributed by atoms with Gasteiger partial charge < -0.3 is 5.11 Å². The Bertz CT molecular complexity index is 306. The zero-order chi connectivity index (χ0) is 17.2. The van der Waals surface area contributed by atoms with Crippen molar-refractivity contribution in [1.82, 2.24) is 0 Å². The normalized spacial score (nSPS) is 11.3. The molecule has 0 spiro atoms. The van der Waals surface area contributed by atoms with Gasteiger partial charge >= 0.3 is 0 Å². The maximum absolute atomic E-state index is 8.69. The molecule has 136 valence electrons. The van der Waals surface area contributed by atoms with E-state index < -0.39 is 8.07 Å². The number of aliphatic hydroxyl groups is 1. The summed E-state index contributed by atoms with van der Waals surface area (Å²) in [5.74, 6) is 5.82. The minimum Gasteiger partial charge on any atom is -0.396 e. The van der Waals surface area contributed by atoms with E-state index in [1.54, 1.807) is 0 Å². The van der Waals surface area contributed by atoms with Gasteiger partial charge in [-0.25, -0.2) is 0 Å². The van der Waals surface area contributed by atoms with Crippen LogP contribution in [0.25, 0.3) is 0 Å². The van der Waals surface area contributed by atoms with Crippen molar-refractivity contribution in [3.8, 4) is 11.5 Å². The number of hydrogen-bond donors (Lipinski definition) is 1. The number of rotatable bonds is 15. The molecule has 0 aromatic heterocycles. The molecule has 0 amide bonds. The first-order chi connectivity index (χ1) is 11.1. The van der Waals surface area contributed by atoms with E-state index in [1.165, 1.54) is 69.6 Å². The number of aliphatic hydroxyl groups excluding tert-OH is 1. The van der Waals surface area contributed by atoms with E-state index in [2.05, 4.69) is 31.5 Å². The third-order valence-corrected chi connectivity index (χ3v) is 8.12. The van der Waals surface area contributed by atoms with E-state index in [9.17, 15) is 0 Å². The van der Waals surface area contributed by atoms with E-state index in [4.69, 9.17) is 5.11 Å². The third-order valence-electron chi connectivity index (χ3n) is 4.35. The van der Waals surface area contributed by atoms with Crippen LogP contribution >= 0.6 is 11.8 Å². The number of unbranched alkanes of at least 4 members (excludes halogenated alkanes) is 9. The molecule has 0 saturated heterocycles. The summed E-state index contributed by atoms with van der Waals surface area (Å²) in [5.41, 5.74) is 3.53. The van der Waals surface area contributed by atoms with Crippen LogP contribution in [0.4, 0.5) is 0 Å². The Labute approximate surface area is 151 Å². The second-order valence-electron chi connectivity index (χ2n) is 7.16. The van der Waals surface area contributed by atoms with Gasteiger partial charge in [0.2, 0.25) is 0 Å². The van der Waals surface area contributed by atoms with Crippen LogP contribution in [0.15, 0.2) is 0 Å². The number of hydrogen-bond acceptors (Lipinski definition) is 2. The van der Waals surface area contributed by atoms with Gasteiger partial charge in [-0.1, -0.05) is 65.0 Å². The van der Waals surface area contributed by atoms with Gasteiger partial charge in [0.05, 0.1) is 0 Å². The molecule has 0 bridgehead atoms. The fraction of sp³-hybridized carbons (Fsp3) is 0.900. The van der Waals surface area contributed by atoms with E-state index in [-0.39, 0.29) is 0 Å². The van der Waals surface area contributed by atoms with Crippen LogP contribution < -0.4 is 0 Å². The summed E-state index contributed by atoms with van der Waals surface area (Å²) in [7, 11) is -1.16. The summed E-state index contributed by atoms with van der Waals surface area (Å²) >= 11 is 1.99. The van der Waals surface area contributed by atoms with Gasteiger partial charge in [0, 0.05) is 13.0 Å². The molecule has 0 atom stereocenters. The summed E-state index contributed by atoms with van der Waals surface area (Å²) < 4.78 is 0. The molecule has 0 fully saturated rings. The predicted octanol–water partition coefficient (Wildman–Crippen LogP) is 6.27. The third kappa shape index (κ3) is 18.3. The predicted molar refractivity (Wildman–Crippen MR) is 111 cm³/mol. The van der Waals surface area contributed by atoms with Crippen molar-refractivity contribution in [2.24, 2.45) is 0 Å². The first kappa shape index (κ1) is 23.1. The molecule has 0 rings (SSSR count). The highest BCUT2D eigenvalue weighted by atomic mass is 32.2. The molecule has 0 aliphatic heterocycles. The SMILES string of the molecule is CC[Si](C)(C)C#CCCCCCCCCCCCSCCCO. The van der Waals surface area contributed by atoms with Crippen LogP contribution in [0.5, 0.6) is 0 Å². The lowest BCUT2D eigenvalue weighted by molar-refractivity contribution is 0.296. The van der Waals surface area contributed by atoms with Crippen LogP contribution in [0.2, 0.25) is 19.1 Å². The van der Waals surface area contributed by atoms with Crippen molar-refractivity contribution in [3.63, 3.8) is 0 Å². The fourth-order valence-electron chi connectivity index (χ4n) is 2.31. The van der Waals surface area contributed by atoms with Crippen molar-refractivity contribution >= 4 is 19.8 Å². The lowest BCUT2D eigenvalue weighted by Gasteiger charge is -2.09. The summed E-state index contributed by atoms with van der Waals surface area (Å²) in [4.78, 5) is 0. The van der Waals surface area contributed by atoms with E-state index >= 15 is 0 Å². The van der Waals surface area contributed by atoms with Gasteiger partial charge in [0.15, 0.2) is 0 Å². The fourth-order valence-corrected chi connectivity index (χ4v) is 4.04. The Morgan fingerprint density at radius 3 is 1.87 bits per heavy atom. The molecule has 0 heterocycles. The van der Waals surface area contributed by atoms with E-state index in [1.807, 2.05) is 11.8 Å². The molecule has 0 unspecified atom stereocenters. The van der Waals surface area contributed by atoms with Gasteiger partial charge in [0.25, 0.3) is 0 Å². The van der Waals surface area contributed by atoms with Crippen molar-refractivity contribution in [2.75, 3.05) is 18.1 Å². The van der Waals surface area contributed by atoms with Gasteiger partial charge in [-0.3, -0.25) is 0 Å². The molecular formula is C20H40OSSi. The maximum Gasteiger partial charge on any atom is 0.132 e. The molecule has 0 radical (unpaired) electrons. The zero-order valence-electron chi connectivity index (χ0n) is 16.0. The molecule has 1 N–H and O–H groups in total. The summed E-state index contributed by atoms with van der Waals surface area (Å²) in [6.07, 6.45) is 14.5. The lowest BCUT2D eigenvalue weighted by Crippen LogP contribution is -2.21. The van der Waals surface area contributed by atoms with Crippen LogP contribution in [0, 0.1) is 11.5 Å². The average molecular weight is 357 g/mol. The summed E-state index contributed by atoms with van der Waals surface area (Å²) in [6, 6.07) is 1.28.